The summed E-state index contributed by atoms with van der Waals surface area (Å²) in [7, 11) is -3.69. The smallest absolute Gasteiger partial charge is 0.257 e. The molecule has 7 nitrogen and oxygen atoms in total. The Morgan fingerprint density at radius 1 is 0.794 bits per heavy atom. The lowest BCUT2D eigenvalue weighted by molar-refractivity contribution is 0.102. The molecule has 0 spiro atoms. The number of halogens is 1. The van der Waals surface area contributed by atoms with Gasteiger partial charge in [0.1, 0.15) is 5.82 Å². The summed E-state index contributed by atoms with van der Waals surface area (Å²) >= 11 is 0. The molecule has 4 rings (SSSR count). The molecule has 9 heteroatoms. The molecular formula is C25H24FN3O4S. The van der Waals surface area contributed by atoms with Gasteiger partial charge < -0.3 is 10.6 Å². The monoisotopic (exact) mass is 481 g/mol. The van der Waals surface area contributed by atoms with Crippen LogP contribution in [-0.2, 0) is 10.0 Å². The van der Waals surface area contributed by atoms with Gasteiger partial charge in [0, 0.05) is 24.3 Å². The van der Waals surface area contributed by atoms with E-state index >= 15 is 0 Å². The number of hydrogen-bond donors (Lipinski definition) is 2. The van der Waals surface area contributed by atoms with Crippen molar-refractivity contribution in [3.8, 4) is 0 Å². The third kappa shape index (κ3) is 5.32. The van der Waals surface area contributed by atoms with Crippen LogP contribution in [0.25, 0.3) is 0 Å². The maximum Gasteiger partial charge on any atom is 0.257 e. The molecule has 0 unspecified atom stereocenters. The van der Waals surface area contributed by atoms with Gasteiger partial charge in [-0.25, -0.2) is 12.8 Å². The van der Waals surface area contributed by atoms with Crippen molar-refractivity contribution in [3.05, 3.63) is 89.7 Å². The van der Waals surface area contributed by atoms with Crippen molar-refractivity contribution in [1.29, 1.82) is 0 Å². The zero-order chi connectivity index (χ0) is 24.1. The van der Waals surface area contributed by atoms with Gasteiger partial charge in [-0.15, -0.1) is 0 Å². The molecule has 176 valence electrons. The molecule has 0 bridgehead atoms. The van der Waals surface area contributed by atoms with Crippen LogP contribution in [0.2, 0.25) is 0 Å². The summed E-state index contributed by atoms with van der Waals surface area (Å²) in [6.07, 6.45) is 2.63. The van der Waals surface area contributed by atoms with E-state index in [0.29, 0.717) is 18.8 Å². The van der Waals surface area contributed by atoms with Crippen molar-refractivity contribution in [2.24, 2.45) is 0 Å². The highest BCUT2D eigenvalue weighted by Gasteiger charge is 2.26. The Bertz CT molecular complexity index is 1300. The third-order valence-corrected chi connectivity index (χ3v) is 7.47. The SMILES string of the molecule is O=C(Nc1ccccc1C(=O)Nc1ccc(F)cc1)c1cccc(S(=O)(=O)N2CCCCC2)c1. The maximum absolute atomic E-state index is 13.1. The van der Waals surface area contributed by atoms with Gasteiger partial charge >= 0.3 is 0 Å². The summed E-state index contributed by atoms with van der Waals surface area (Å²) in [5.41, 5.74) is 1.03. The summed E-state index contributed by atoms with van der Waals surface area (Å²) in [5.74, 6) is -1.45. The molecule has 0 aromatic heterocycles. The average Bonchev–Trinajstić information content (AvgIpc) is 2.86. The van der Waals surface area contributed by atoms with Crippen LogP contribution in [0.3, 0.4) is 0 Å². The van der Waals surface area contributed by atoms with Crippen molar-refractivity contribution >= 4 is 33.2 Å². The van der Waals surface area contributed by atoms with Crippen molar-refractivity contribution < 1.29 is 22.4 Å². The summed E-state index contributed by atoms with van der Waals surface area (Å²) < 4.78 is 40.5. The second-order valence-electron chi connectivity index (χ2n) is 7.95. The number of piperidine rings is 1. The average molecular weight is 482 g/mol. The van der Waals surface area contributed by atoms with E-state index in [9.17, 15) is 22.4 Å². The summed E-state index contributed by atoms with van der Waals surface area (Å²) in [4.78, 5) is 25.8. The molecule has 1 heterocycles. The first-order chi connectivity index (χ1) is 16.3. The second-order valence-corrected chi connectivity index (χ2v) is 9.89. The molecule has 2 amide bonds. The predicted molar refractivity (Wildman–Crippen MR) is 128 cm³/mol. The van der Waals surface area contributed by atoms with Gasteiger partial charge in [0.05, 0.1) is 16.1 Å². The number of para-hydroxylation sites is 1. The molecule has 0 aliphatic carbocycles. The van der Waals surface area contributed by atoms with E-state index in [2.05, 4.69) is 10.6 Å². The first-order valence-electron chi connectivity index (χ1n) is 10.9. The van der Waals surface area contributed by atoms with E-state index in [1.807, 2.05) is 0 Å². The lowest BCUT2D eigenvalue weighted by Gasteiger charge is -2.26. The molecule has 3 aromatic rings. The number of sulfonamides is 1. The fraction of sp³-hybridized carbons (Fsp3) is 0.200. The zero-order valence-corrected chi connectivity index (χ0v) is 19.1. The topological polar surface area (TPSA) is 95.6 Å². The quantitative estimate of drug-likeness (QED) is 0.542. The van der Waals surface area contributed by atoms with Gasteiger partial charge in [0.25, 0.3) is 11.8 Å². The minimum atomic E-state index is -3.69. The molecule has 3 aromatic carbocycles. The highest BCUT2D eigenvalue weighted by molar-refractivity contribution is 7.89. The van der Waals surface area contributed by atoms with Crippen LogP contribution in [-0.4, -0.2) is 37.6 Å². The largest absolute Gasteiger partial charge is 0.322 e. The van der Waals surface area contributed by atoms with E-state index in [-0.39, 0.29) is 21.7 Å². The van der Waals surface area contributed by atoms with Gasteiger partial charge in [0.15, 0.2) is 0 Å². The van der Waals surface area contributed by atoms with Gasteiger partial charge in [-0.2, -0.15) is 4.31 Å². The van der Waals surface area contributed by atoms with Crippen molar-refractivity contribution in [2.45, 2.75) is 24.2 Å². The lowest BCUT2D eigenvalue weighted by Crippen LogP contribution is -2.35. The van der Waals surface area contributed by atoms with Crippen LogP contribution in [0.15, 0.2) is 77.7 Å². The summed E-state index contributed by atoms with van der Waals surface area (Å²) in [6.45, 7) is 0.935. The number of nitrogens with one attached hydrogen (secondary N) is 2. The highest BCUT2D eigenvalue weighted by atomic mass is 32.2. The normalized spacial score (nSPS) is 14.4. The van der Waals surface area contributed by atoms with Crippen LogP contribution < -0.4 is 10.6 Å². The van der Waals surface area contributed by atoms with Gasteiger partial charge in [0.2, 0.25) is 10.0 Å². The minimum absolute atomic E-state index is 0.0596. The third-order valence-electron chi connectivity index (χ3n) is 5.57. The number of hydrogen-bond acceptors (Lipinski definition) is 4. The summed E-state index contributed by atoms with van der Waals surface area (Å²) in [5, 5.41) is 5.36. The molecule has 34 heavy (non-hydrogen) atoms. The van der Waals surface area contributed by atoms with E-state index in [1.54, 1.807) is 24.3 Å². The number of rotatable bonds is 6. The number of carbonyl (C=O) groups excluding carboxylic acids is 2. The number of anilines is 2. The van der Waals surface area contributed by atoms with E-state index in [1.165, 1.54) is 52.8 Å². The predicted octanol–water partition coefficient (Wildman–Crippen LogP) is 4.50. The number of amides is 2. The van der Waals surface area contributed by atoms with Crippen molar-refractivity contribution in [2.75, 3.05) is 23.7 Å². The first kappa shape index (κ1) is 23.6. The fourth-order valence-electron chi connectivity index (χ4n) is 3.77. The molecule has 1 aliphatic heterocycles. The minimum Gasteiger partial charge on any atom is -0.322 e. The maximum atomic E-state index is 13.1. The number of benzene rings is 3. The molecule has 1 aliphatic rings. The van der Waals surface area contributed by atoms with Gasteiger partial charge in [-0.05, 0) is 67.4 Å². The first-order valence-corrected chi connectivity index (χ1v) is 12.4. The van der Waals surface area contributed by atoms with E-state index in [4.69, 9.17) is 0 Å². The number of nitrogens with zero attached hydrogens (tertiary/aromatic N) is 1. The fourth-order valence-corrected chi connectivity index (χ4v) is 5.33. The lowest BCUT2D eigenvalue weighted by atomic mass is 10.1. The van der Waals surface area contributed by atoms with Gasteiger partial charge in [-0.1, -0.05) is 24.6 Å². The standard InChI is InChI=1S/C25H24FN3O4S/c26-19-11-13-20(14-12-19)27-25(31)22-9-2-3-10-23(22)28-24(30)18-7-6-8-21(17-18)34(32,33)29-15-4-1-5-16-29/h2-3,6-14,17H,1,4-5,15-16H2,(H,27,31)(H,28,30). The Kier molecular flexibility index (Phi) is 7.04. The molecule has 2 N–H and O–H groups in total. The van der Waals surface area contributed by atoms with E-state index < -0.39 is 27.7 Å². The summed E-state index contributed by atoms with van der Waals surface area (Å²) in [6, 6.07) is 17.6. The van der Waals surface area contributed by atoms with Crippen molar-refractivity contribution in [1.82, 2.24) is 4.31 Å². The molecule has 1 saturated heterocycles. The van der Waals surface area contributed by atoms with E-state index in [0.717, 1.165) is 19.3 Å². The Morgan fingerprint density at radius 2 is 1.50 bits per heavy atom. The Balaban J connectivity index is 1.53. The van der Waals surface area contributed by atoms with Crippen LogP contribution in [0.4, 0.5) is 15.8 Å². The Morgan fingerprint density at radius 3 is 2.24 bits per heavy atom. The van der Waals surface area contributed by atoms with Crippen LogP contribution in [0.1, 0.15) is 40.0 Å². The molecule has 0 saturated carbocycles. The highest BCUT2D eigenvalue weighted by Crippen LogP contribution is 2.23. The Labute approximate surface area is 197 Å². The van der Waals surface area contributed by atoms with Crippen LogP contribution in [0, 0.1) is 5.82 Å². The zero-order valence-electron chi connectivity index (χ0n) is 18.3. The van der Waals surface area contributed by atoms with Crippen LogP contribution >= 0.6 is 0 Å². The Hall–Kier alpha value is -3.56. The second kappa shape index (κ2) is 10.1. The molecule has 0 radical (unpaired) electrons. The number of carbonyl (C=O) groups is 2. The molecule has 1 fully saturated rings. The molecule has 0 atom stereocenters. The molecular weight excluding hydrogens is 457 g/mol. The van der Waals surface area contributed by atoms with Crippen molar-refractivity contribution in [3.63, 3.8) is 0 Å². The van der Waals surface area contributed by atoms with Gasteiger partial charge in [-0.3, -0.25) is 9.59 Å². The van der Waals surface area contributed by atoms with Crippen LogP contribution in [0.5, 0.6) is 0 Å².